The summed E-state index contributed by atoms with van der Waals surface area (Å²) in [6, 6.07) is 9.54. The molecule has 0 unspecified atom stereocenters. The molecule has 2 aromatic rings. The molecule has 0 saturated carbocycles. The normalized spacial score (nSPS) is 10.6. The van der Waals surface area contributed by atoms with Crippen LogP contribution in [0.25, 0.3) is 17.3 Å². The van der Waals surface area contributed by atoms with E-state index in [0.717, 1.165) is 28.1 Å². The Kier molecular flexibility index (Phi) is 5.94. The van der Waals surface area contributed by atoms with E-state index >= 15 is 0 Å². The van der Waals surface area contributed by atoms with Gasteiger partial charge in [0.1, 0.15) is 17.4 Å². The molecule has 5 heteroatoms. The van der Waals surface area contributed by atoms with Gasteiger partial charge < -0.3 is 14.2 Å². The number of hydrogen-bond donors (Lipinski definition) is 0. The van der Waals surface area contributed by atoms with Crippen molar-refractivity contribution in [1.82, 2.24) is 4.98 Å². The van der Waals surface area contributed by atoms with Crippen LogP contribution in [-0.4, -0.2) is 26.3 Å². The van der Waals surface area contributed by atoms with Crippen molar-refractivity contribution in [2.75, 3.05) is 21.3 Å². The van der Waals surface area contributed by atoms with E-state index in [1.165, 1.54) is 7.11 Å². The van der Waals surface area contributed by atoms with Crippen molar-refractivity contribution >= 4 is 6.08 Å². The molecule has 0 spiro atoms. The van der Waals surface area contributed by atoms with Crippen LogP contribution in [0.2, 0.25) is 0 Å². The lowest BCUT2D eigenvalue weighted by atomic mass is 10.0. The van der Waals surface area contributed by atoms with Crippen LogP contribution in [0.15, 0.2) is 30.3 Å². The van der Waals surface area contributed by atoms with E-state index in [1.54, 1.807) is 26.4 Å². The van der Waals surface area contributed by atoms with E-state index in [-0.39, 0.29) is 0 Å². The monoisotopic (exact) mass is 324 g/mol. The van der Waals surface area contributed by atoms with Crippen molar-refractivity contribution in [3.8, 4) is 29.0 Å². The molecule has 2 rings (SSSR count). The molecule has 0 aliphatic carbocycles. The molecule has 0 radical (unpaired) electrons. The van der Waals surface area contributed by atoms with Crippen molar-refractivity contribution in [3.63, 3.8) is 0 Å². The van der Waals surface area contributed by atoms with Crippen LogP contribution in [-0.2, 0) is 11.3 Å². The van der Waals surface area contributed by atoms with Gasteiger partial charge in [-0.3, -0.25) is 0 Å². The number of methoxy groups -OCH3 is 3. The molecule has 0 aliphatic rings. The van der Waals surface area contributed by atoms with Crippen LogP contribution in [0.5, 0.6) is 11.6 Å². The minimum Gasteiger partial charge on any atom is -0.496 e. The first-order valence-electron chi connectivity index (χ1n) is 7.46. The Labute approximate surface area is 142 Å². The Morgan fingerprint density at radius 1 is 1.17 bits per heavy atom. The maximum Gasteiger partial charge on any atom is 0.231 e. The molecule has 0 fully saturated rings. The standard InChI is InChI=1S/C19H20N2O3/c1-5-6-13-9-15(10-16(12-22-2)18(13)23-3)17-8-7-14(11-20)19(21-17)24-4/h5-10H,12H2,1-4H3. The van der Waals surface area contributed by atoms with Crippen LogP contribution in [0.3, 0.4) is 0 Å². The predicted molar refractivity (Wildman–Crippen MR) is 92.9 cm³/mol. The second-order valence-corrected chi connectivity index (χ2v) is 5.06. The Balaban J connectivity index is 2.64. The summed E-state index contributed by atoms with van der Waals surface area (Å²) < 4.78 is 16.0. The molecule has 1 heterocycles. The van der Waals surface area contributed by atoms with Gasteiger partial charge in [0.25, 0.3) is 0 Å². The second kappa shape index (κ2) is 8.14. The van der Waals surface area contributed by atoms with Crippen LogP contribution < -0.4 is 9.47 Å². The lowest BCUT2D eigenvalue weighted by Crippen LogP contribution is -1.99. The molecule has 0 aliphatic heterocycles. The average Bonchev–Trinajstić information content (AvgIpc) is 2.61. The molecule has 1 aromatic heterocycles. The molecular formula is C19H20N2O3. The lowest BCUT2D eigenvalue weighted by Gasteiger charge is -2.14. The summed E-state index contributed by atoms with van der Waals surface area (Å²) in [6.45, 7) is 2.38. The van der Waals surface area contributed by atoms with Gasteiger partial charge >= 0.3 is 0 Å². The predicted octanol–water partition coefficient (Wildman–Crippen LogP) is 3.82. The molecule has 124 valence electrons. The van der Waals surface area contributed by atoms with Crippen LogP contribution in [0, 0.1) is 11.3 Å². The molecule has 0 saturated heterocycles. The molecule has 0 atom stereocenters. The molecule has 0 N–H and O–H groups in total. The summed E-state index contributed by atoms with van der Waals surface area (Å²) in [4.78, 5) is 4.44. The zero-order chi connectivity index (χ0) is 17.5. The van der Waals surface area contributed by atoms with Crippen LogP contribution in [0.1, 0.15) is 23.6 Å². The largest absolute Gasteiger partial charge is 0.496 e. The highest BCUT2D eigenvalue weighted by Crippen LogP contribution is 2.33. The van der Waals surface area contributed by atoms with Crippen LogP contribution in [0.4, 0.5) is 0 Å². The first-order chi connectivity index (χ1) is 11.7. The first kappa shape index (κ1) is 17.5. The zero-order valence-electron chi connectivity index (χ0n) is 14.3. The summed E-state index contributed by atoms with van der Waals surface area (Å²) in [5.41, 5.74) is 3.89. The third-order valence-corrected chi connectivity index (χ3v) is 3.51. The van der Waals surface area contributed by atoms with Gasteiger partial charge in [-0.25, -0.2) is 4.98 Å². The van der Waals surface area contributed by atoms with E-state index in [2.05, 4.69) is 11.1 Å². The van der Waals surface area contributed by atoms with Gasteiger partial charge in [-0.1, -0.05) is 12.2 Å². The number of aromatic nitrogens is 1. The highest BCUT2D eigenvalue weighted by atomic mass is 16.5. The smallest absolute Gasteiger partial charge is 0.231 e. The maximum atomic E-state index is 9.10. The van der Waals surface area contributed by atoms with Gasteiger partial charge in [0, 0.05) is 23.8 Å². The number of benzene rings is 1. The average molecular weight is 324 g/mol. The minimum absolute atomic E-state index is 0.312. The summed E-state index contributed by atoms with van der Waals surface area (Å²) in [7, 11) is 4.79. The number of ether oxygens (including phenoxy) is 3. The quantitative estimate of drug-likeness (QED) is 0.808. The Morgan fingerprint density at radius 3 is 2.54 bits per heavy atom. The lowest BCUT2D eigenvalue weighted by molar-refractivity contribution is 0.181. The number of nitrogens with zero attached hydrogens (tertiary/aromatic N) is 2. The topological polar surface area (TPSA) is 64.4 Å². The molecular weight excluding hydrogens is 304 g/mol. The third kappa shape index (κ3) is 3.55. The van der Waals surface area contributed by atoms with Gasteiger partial charge in [-0.15, -0.1) is 0 Å². The van der Waals surface area contributed by atoms with Crippen molar-refractivity contribution < 1.29 is 14.2 Å². The first-order valence-corrected chi connectivity index (χ1v) is 7.46. The van der Waals surface area contributed by atoms with Crippen molar-refractivity contribution in [3.05, 3.63) is 47.0 Å². The molecule has 0 amide bonds. The van der Waals surface area contributed by atoms with E-state index in [4.69, 9.17) is 19.5 Å². The van der Waals surface area contributed by atoms with E-state index in [9.17, 15) is 0 Å². The highest BCUT2D eigenvalue weighted by molar-refractivity contribution is 5.71. The SMILES string of the molecule is CC=Cc1cc(-c2ccc(C#N)c(OC)n2)cc(COC)c1OC. The molecule has 5 nitrogen and oxygen atoms in total. The van der Waals surface area contributed by atoms with Crippen molar-refractivity contribution in [2.45, 2.75) is 13.5 Å². The third-order valence-electron chi connectivity index (χ3n) is 3.51. The number of pyridine rings is 1. The fourth-order valence-corrected chi connectivity index (χ4v) is 2.52. The fraction of sp³-hybridized carbons (Fsp3) is 0.263. The van der Waals surface area contributed by atoms with Gasteiger partial charge in [0.05, 0.1) is 26.5 Å². The number of allylic oxidation sites excluding steroid dienone is 1. The minimum atomic E-state index is 0.312. The van der Waals surface area contributed by atoms with E-state index in [1.807, 2.05) is 31.2 Å². The van der Waals surface area contributed by atoms with Gasteiger partial charge in [-0.2, -0.15) is 5.26 Å². The van der Waals surface area contributed by atoms with Crippen molar-refractivity contribution in [1.29, 1.82) is 5.26 Å². The summed E-state index contributed by atoms with van der Waals surface area (Å²) in [5.74, 6) is 1.09. The molecule has 0 bridgehead atoms. The van der Waals surface area contributed by atoms with Gasteiger partial charge in [-0.05, 0) is 31.2 Å². The van der Waals surface area contributed by atoms with Crippen molar-refractivity contribution in [2.24, 2.45) is 0 Å². The Bertz CT molecular complexity index is 792. The van der Waals surface area contributed by atoms with Crippen LogP contribution >= 0.6 is 0 Å². The maximum absolute atomic E-state index is 9.10. The Morgan fingerprint density at radius 2 is 1.96 bits per heavy atom. The highest BCUT2D eigenvalue weighted by Gasteiger charge is 2.13. The summed E-state index contributed by atoms with van der Waals surface area (Å²) >= 11 is 0. The summed E-state index contributed by atoms with van der Waals surface area (Å²) in [5, 5.41) is 9.10. The summed E-state index contributed by atoms with van der Waals surface area (Å²) in [6.07, 6.45) is 3.92. The van der Waals surface area contributed by atoms with Gasteiger partial charge in [0.2, 0.25) is 5.88 Å². The van der Waals surface area contributed by atoms with E-state index < -0.39 is 0 Å². The fourth-order valence-electron chi connectivity index (χ4n) is 2.52. The number of hydrogen-bond acceptors (Lipinski definition) is 5. The zero-order valence-corrected chi connectivity index (χ0v) is 14.3. The molecule has 24 heavy (non-hydrogen) atoms. The number of nitriles is 1. The molecule has 1 aromatic carbocycles. The number of rotatable bonds is 6. The Hall–Kier alpha value is -2.84. The second-order valence-electron chi connectivity index (χ2n) is 5.06. The van der Waals surface area contributed by atoms with Gasteiger partial charge in [0.15, 0.2) is 0 Å². The van der Waals surface area contributed by atoms with E-state index in [0.29, 0.717) is 18.1 Å².